The van der Waals surface area contributed by atoms with Crippen LogP contribution >= 0.6 is 0 Å². The maximum absolute atomic E-state index is 9.91. The summed E-state index contributed by atoms with van der Waals surface area (Å²) in [5, 5.41) is 9.91. The van der Waals surface area contributed by atoms with Crippen LogP contribution in [0, 0.1) is 0 Å². The predicted octanol–water partition coefficient (Wildman–Crippen LogP) is 3.81. The van der Waals surface area contributed by atoms with Gasteiger partial charge in [0.25, 0.3) is 0 Å². The smallest absolute Gasteiger partial charge is 0.0793 e. The average Bonchev–Trinajstić information content (AvgIpc) is 2.26. The first-order chi connectivity index (χ1) is 7.15. The third-order valence-electron chi connectivity index (χ3n) is 2.61. The number of allylic oxidation sites excluding steroid dienone is 1. The van der Waals surface area contributed by atoms with Crippen LogP contribution in [0.2, 0.25) is 0 Å². The molecule has 0 aliphatic rings. The molecular formula is C14H20O. The molecule has 0 bridgehead atoms. The molecule has 1 heteroatoms. The zero-order valence-corrected chi connectivity index (χ0v) is 9.61. The minimum absolute atomic E-state index is 0.360. The number of aliphatic hydroxyl groups excluding tert-OH is 1. The van der Waals surface area contributed by atoms with Crippen molar-refractivity contribution in [2.45, 2.75) is 38.7 Å². The Balaban J connectivity index is 2.75. The molecule has 0 aromatic heterocycles. The number of hydrogen-bond acceptors (Lipinski definition) is 1. The van der Waals surface area contributed by atoms with Gasteiger partial charge in [-0.3, -0.25) is 0 Å². The molecule has 0 aliphatic carbocycles. The van der Waals surface area contributed by atoms with Crippen molar-refractivity contribution < 1.29 is 5.11 Å². The molecule has 1 rings (SSSR count). The Hall–Kier alpha value is -1.08. The van der Waals surface area contributed by atoms with Gasteiger partial charge in [0.15, 0.2) is 0 Å². The Morgan fingerprint density at radius 1 is 1.33 bits per heavy atom. The van der Waals surface area contributed by atoms with E-state index >= 15 is 0 Å². The molecule has 0 spiro atoms. The Bertz CT molecular complexity index is 315. The molecular weight excluding hydrogens is 184 g/mol. The van der Waals surface area contributed by atoms with Crippen LogP contribution in [0.1, 0.15) is 49.8 Å². The third kappa shape index (κ3) is 3.52. The maximum atomic E-state index is 9.91. The highest BCUT2D eigenvalue weighted by Gasteiger charge is 2.07. The topological polar surface area (TPSA) is 20.2 Å². The number of hydrogen-bond donors (Lipinski definition) is 1. The minimum Gasteiger partial charge on any atom is -0.388 e. The zero-order chi connectivity index (χ0) is 11.3. The van der Waals surface area contributed by atoms with Crippen molar-refractivity contribution in [2.75, 3.05) is 0 Å². The van der Waals surface area contributed by atoms with Gasteiger partial charge in [0.05, 0.1) is 6.10 Å². The molecule has 82 valence electrons. The van der Waals surface area contributed by atoms with Gasteiger partial charge in [0, 0.05) is 0 Å². The highest BCUT2D eigenvalue weighted by molar-refractivity contribution is 5.27. The summed E-state index contributed by atoms with van der Waals surface area (Å²) in [7, 11) is 0. The first kappa shape index (κ1) is 12.0. The molecule has 0 saturated carbocycles. The van der Waals surface area contributed by atoms with Crippen molar-refractivity contribution in [1.82, 2.24) is 0 Å². The monoisotopic (exact) mass is 204 g/mol. The van der Waals surface area contributed by atoms with Gasteiger partial charge in [-0.25, -0.2) is 0 Å². The van der Waals surface area contributed by atoms with Gasteiger partial charge < -0.3 is 5.11 Å². The van der Waals surface area contributed by atoms with Gasteiger partial charge in [-0.1, -0.05) is 44.2 Å². The van der Waals surface area contributed by atoms with Crippen molar-refractivity contribution in [3.63, 3.8) is 0 Å². The van der Waals surface area contributed by atoms with E-state index in [0.29, 0.717) is 5.92 Å². The average molecular weight is 204 g/mol. The lowest BCUT2D eigenvalue weighted by molar-refractivity contribution is 0.168. The summed E-state index contributed by atoms with van der Waals surface area (Å²) in [4.78, 5) is 0. The molecule has 1 N–H and O–H groups in total. The fraction of sp³-hybridized carbons (Fsp3) is 0.429. The second-order valence-corrected chi connectivity index (χ2v) is 4.21. The summed E-state index contributed by atoms with van der Waals surface area (Å²) in [5.41, 5.74) is 2.30. The van der Waals surface area contributed by atoms with E-state index in [4.69, 9.17) is 0 Å². The van der Waals surface area contributed by atoms with E-state index in [-0.39, 0.29) is 6.10 Å². The summed E-state index contributed by atoms with van der Waals surface area (Å²) in [6, 6.07) is 8.20. The zero-order valence-electron chi connectivity index (χ0n) is 9.61. The van der Waals surface area contributed by atoms with E-state index in [1.807, 2.05) is 18.2 Å². The van der Waals surface area contributed by atoms with Gasteiger partial charge in [0.1, 0.15) is 0 Å². The molecule has 15 heavy (non-hydrogen) atoms. The highest BCUT2D eigenvalue weighted by Crippen LogP contribution is 2.22. The Kier molecular flexibility index (Phi) is 4.57. The molecule has 0 saturated heterocycles. The van der Waals surface area contributed by atoms with Crippen molar-refractivity contribution in [2.24, 2.45) is 0 Å². The summed E-state index contributed by atoms with van der Waals surface area (Å²) in [6.45, 7) is 7.98. The number of aliphatic hydroxyl groups is 1. The van der Waals surface area contributed by atoms with E-state index in [1.165, 1.54) is 5.56 Å². The first-order valence-electron chi connectivity index (χ1n) is 5.54. The van der Waals surface area contributed by atoms with Gasteiger partial charge in [0.2, 0.25) is 0 Å². The molecule has 0 amide bonds. The van der Waals surface area contributed by atoms with E-state index in [9.17, 15) is 5.11 Å². The summed E-state index contributed by atoms with van der Waals surface area (Å²) >= 11 is 0. The molecule has 0 fully saturated rings. The van der Waals surface area contributed by atoms with E-state index < -0.39 is 0 Å². The van der Waals surface area contributed by atoms with Gasteiger partial charge in [-0.05, 0) is 29.9 Å². The molecule has 1 aromatic carbocycles. The van der Waals surface area contributed by atoms with Crippen LogP contribution in [0.4, 0.5) is 0 Å². The van der Waals surface area contributed by atoms with Crippen LogP contribution in [-0.4, -0.2) is 5.11 Å². The van der Waals surface area contributed by atoms with E-state index in [1.54, 1.807) is 0 Å². The van der Waals surface area contributed by atoms with E-state index in [2.05, 4.69) is 32.6 Å². The first-order valence-corrected chi connectivity index (χ1v) is 5.54. The van der Waals surface area contributed by atoms with Gasteiger partial charge >= 0.3 is 0 Å². The fourth-order valence-electron chi connectivity index (χ4n) is 1.57. The standard InChI is InChI=1S/C14H20O/c1-4-5-9-14(15)13-8-6-7-12(10-13)11(2)3/h4,6-8,10-11,14-15H,1,5,9H2,2-3H3. The van der Waals surface area contributed by atoms with Crippen molar-refractivity contribution in [1.29, 1.82) is 0 Å². The van der Waals surface area contributed by atoms with Crippen LogP contribution < -0.4 is 0 Å². The third-order valence-corrected chi connectivity index (χ3v) is 2.61. The Morgan fingerprint density at radius 3 is 2.60 bits per heavy atom. The molecule has 0 heterocycles. The van der Waals surface area contributed by atoms with Crippen LogP contribution in [0.3, 0.4) is 0 Å². The molecule has 1 unspecified atom stereocenters. The van der Waals surface area contributed by atoms with Crippen molar-refractivity contribution >= 4 is 0 Å². The summed E-state index contributed by atoms with van der Waals surface area (Å²) in [6.07, 6.45) is 3.09. The van der Waals surface area contributed by atoms with Crippen LogP contribution in [0.15, 0.2) is 36.9 Å². The van der Waals surface area contributed by atoms with Crippen molar-refractivity contribution in [3.05, 3.63) is 48.0 Å². The lowest BCUT2D eigenvalue weighted by Gasteiger charge is -2.12. The largest absolute Gasteiger partial charge is 0.388 e. The second kappa shape index (κ2) is 5.72. The Morgan fingerprint density at radius 2 is 2.00 bits per heavy atom. The minimum atomic E-state index is -0.360. The molecule has 1 atom stereocenters. The summed E-state index contributed by atoms with van der Waals surface area (Å²) in [5.74, 6) is 0.511. The van der Waals surface area contributed by atoms with E-state index in [0.717, 1.165) is 18.4 Å². The molecule has 0 radical (unpaired) electrons. The second-order valence-electron chi connectivity index (χ2n) is 4.21. The molecule has 1 aromatic rings. The Labute approximate surface area is 92.5 Å². The quantitative estimate of drug-likeness (QED) is 0.723. The molecule has 1 nitrogen and oxygen atoms in total. The fourth-order valence-corrected chi connectivity index (χ4v) is 1.57. The molecule has 0 aliphatic heterocycles. The van der Waals surface area contributed by atoms with Crippen LogP contribution in [0.25, 0.3) is 0 Å². The highest BCUT2D eigenvalue weighted by atomic mass is 16.3. The summed E-state index contributed by atoms with van der Waals surface area (Å²) < 4.78 is 0. The number of rotatable bonds is 5. The lowest BCUT2D eigenvalue weighted by atomic mass is 9.97. The van der Waals surface area contributed by atoms with Crippen LogP contribution in [0.5, 0.6) is 0 Å². The van der Waals surface area contributed by atoms with Crippen LogP contribution in [-0.2, 0) is 0 Å². The number of benzene rings is 1. The van der Waals surface area contributed by atoms with Gasteiger partial charge in [-0.2, -0.15) is 0 Å². The van der Waals surface area contributed by atoms with Crippen molar-refractivity contribution in [3.8, 4) is 0 Å². The maximum Gasteiger partial charge on any atom is 0.0793 e. The lowest BCUT2D eigenvalue weighted by Crippen LogP contribution is -1.98. The van der Waals surface area contributed by atoms with Gasteiger partial charge in [-0.15, -0.1) is 6.58 Å². The predicted molar refractivity (Wildman–Crippen MR) is 64.9 cm³/mol. The normalized spacial score (nSPS) is 12.8. The SMILES string of the molecule is C=CCCC(O)c1cccc(C(C)C)c1.